The van der Waals surface area contributed by atoms with Crippen LogP contribution in [0.15, 0.2) is 24.3 Å². The van der Waals surface area contributed by atoms with Crippen LogP contribution in [0, 0.1) is 5.82 Å². The van der Waals surface area contributed by atoms with E-state index in [1.807, 2.05) is 0 Å². The summed E-state index contributed by atoms with van der Waals surface area (Å²) in [5.41, 5.74) is 6.91. The largest absolute Gasteiger partial charge is 0.355 e. The summed E-state index contributed by atoms with van der Waals surface area (Å²) in [4.78, 5) is 13.9. The number of hydrogen-bond acceptors (Lipinski definition) is 3. The van der Waals surface area contributed by atoms with Crippen molar-refractivity contribution in [3.05, 3.63) is 35.6 Å². The predicted molar refractivity (Wildman–Crippen MR) is 84.0 cm³/mol. The van der Waals surface area contributed by atoms with Crippen molar-refractivity contribution in [2.24, 2.45) is 5.73 Å². The third kappa shape index (κ3) is 6.42. The summed E-state index contributed by atoms with van der Waals surface area (Å²) in [7, 11) is 0. The molecule has 1 fully saturated rings. The van der Waals surface area contributed by atoms with Crippen LogP contribution in [-0.4, -0.2) is 43.0 Å². The Balaban J connectivity index is 0.00000220. The molecule has 0 saturated carbocycles. The smallest absolute Gasteiger partial charge is 0.234 e. The number of hydrogen-bond donors (Lipinski definition) is 2. The van der Waals surface area contributed by atoms with Crippen LogP contribution in [0.5, 0.6) is 0 Å². The van der Waals surface area contributed by atoms with E-state index in [1.165, 1.54) is 12.1 Å². The third-order valence-corrected chi connectivity index (χ3v) is 3.56. The second-order valence-corrected chi connectivity index (χ2v) is 5.36. The molecular weight excluding hydrogens is 293 g/mol. The molecule has 1 atom stereocenters. The summed E-state index contributed by atoms with van der Waals surface area (Å²) >= 11 is 0. The zero-order valence-corrected chi connectivity index (χ0v) is 12.9. The van der Waals surface area contributed by atoms with Crippen LogP contribution < -0.4 is 11.1 Å². The van der Waals surface area contributed by atoms with Crippen LogP contribution in [0.3, 0.4) is 0 Å². The fourth-order valence-electron chi connectivity index (χ4n) is 2.49. The minimum atomic E-state index is -0.237. The molecule has 6 heteroatoms. The van der Waals surface area contributed by atoms with Gasteiger partial charge in [0.15, 0.2) is 0 Å². The molecule has 0 spiro atoms. The first-order valence-corrected chi connectivity index (χ1v) is 7.12. The van der Waals surface area contributed by atoms with Crippen LogP contribution in [0.2, 0.25) is 0 Å². The van der Waals surface area contributed by atoms with Crippen molar-refractivity contribution in [1.29, 1.82) is 0 Å². The molecule has 1 unspecified atom stereocenters. The SMILES string of the molecule is Cl.NC1CCCN(CC(=O)NCCc2ccc(F)cc2)C1. The normalized spacial score (nSPS) is 18.9. The zero-order chi connectivity index (χ0) is 14.4. The van der Waals surface area contributed by atoms with Gasteiger partial charge in [0.05, 0.1) is 6.54 Å². The van der Waals surface area contributed by atoms with Gasteiger partial charge in [0.25, 0.3) is 0 Å². The van der Waals surface area contributed by atoms with Gasteiger partial charge < -0.3 is 11.1 Å². The Kier molecular flexibility index (Phi) is 7.64. The highest BCUT2D eigenvalue weighted by atomic mass is 35.5. The molecule has 1 saturated heterocycles. The van der Waals surface area contributed by atoms with E-state index in [4.69, 9.17) is 5.73 Å². The fourth-order valence-corrected chi connectivity index (χ4v) is 2.49. The molecule has 0 aliphatic carbocycles. The third-order valence-electron chi connectivity index (χ3n) is 3.56. The lowest BCUT2D eigenvalue weighted by Crippen LogP contribution is -2.47. The first-order chi connectivity index (χ1) is 9.63. The molecule has 21 heavy (non-hydrogen) atoms. The Morgan fingerprint density at radius 2 is 2.10 bits per heavy atom. The van der Waals surface area contributed by atoms with E-state index in [2.05, 4.69) is 10.2 Å². The lowest BCUT2D eigenvalue weighted by Gasteiger charge is -2.29. The van der Waals surface area contributed by atoms with E-state index in [1.54, 1.807) is 12.1 Å². The number of amides is 1. The van der Waals surface area contributed by atoms with Gasteiger partial charge in [-0.3, -0.25) is 9.69 Å². The lowest BCUT2D eigenvalue weighted by molar-refractivity contribution is -0.122. The van der Waals surface area contributed by atoms with Crippen LogP contribution in [0.25, 0.3) is 0 Å². The van der Waals surface area contributed by atoms with Gasteiger partial charge in [-0.1, -0.05) is 12.1 Å². The lowest BCUT2D eigenvalue weighted by atomic mass is 10.1. The van der Waals surface area contributed by atoms with Gasteiger partial charge in [0.2, 0.25) is 5.91 Å². The molecule has 4 nitrogen and oxygen atoms in total. The average Bonchev–Trinajstić information content (AvgIpc) is 2.41. The number of nitrogens with one attached hydrogen (secondary N) is 1. The number of nitrogens with two attached hydrogens (primary N) is 1. The Hall–Kier alpha value is -1.17. The van der Waals surface area contributed by atoms with E-state index in [9.17, 15) is 9.18 Å². The molecule has 1 aliphatic heterocycles. The molecule has 0 radical (unpaired) electrons. The molecule has 1 aromatic carbocycles. The van der Waals surface area contributed by atoms with E-state index in [0.29, 0.717) is 19.5 Å². The number of halogens is 2. The molecular formula is C15H23ClFN3O. The minimum Gasteiger partial charge on any atom is -0.355 e. The number of nitrogens with zero attached hydrogens (tertiary/aromatic N) is 1. The predicted octanol–water partition coefficient (Wildman–Crippen LogP) is 1.33. The average molecular weight is 316 g/mol. The standard InChI is InChI=1S/C15H22FN3O.ClH/c16-13-5-3-12(4-6-13)7-8-18-15(20)11-19-9-1-2-14(17)10-19;/h3-6,14H,1-2,7-11,17H2,(H,18,20);1H. The van der Waals surface area contributed by atoms with Gasteiger partial charge in [-0.25, -0.2) is 4.39 Å². The van der Waals surface area contributed by atoms with Gasteiger partial charge in [0.1, 0.15) is 5.82 Å². The number of benzene rings is 1. The Morgan fingerprint density at radius 1 is 1.38 bits per heavy atom. The van der Waals surface area contributed by atoms with Crippen molar-refractivity contribution < 1.29 is 9.18 Å². The number of carbonyl (C=O) groups is 1. The molecule has 1 heterocycles. The highest BCUT2D eigenvalue weighted by Crippen LogP contribution is 2.07. The van der Waals surface area contributed by atoms with Crippen molar-refractivity contribution in [3.63, 3.8) is 0 Å². The van der Waals surface area contributed by atoms with E-state index in [-0.39, 0.29) is 30.2 Å². The van der Waals surface area contributed by atoms with Gasteiger partial charge >= 0.3 is 0 Å². The summed E-state index contributed by atoms with van der Waals surface area (Å²) in [5.74, 6) is -0.208. The summed E-state index contributed by atoms with van der Waals surface area (Å²) in [5, 5.41) is 2.89. The molecule has 0 aromatic heterocycles. The van der Waals surface area contributed by atoms with E-state index >= 15 is 0 Å². The maximum atomic E-state index is 12.7. The Bertz CT molecular complexity index is 441. The second kappa shape index (κ2) is 8.97. The van der Waals surface area contributed by atoms with Crippen molar-refractivity contribution >= 4 is 18.3 Å². The first kappa shape index (κ1) is 17.9. The molecule has 1 amide bonds. The van der Waals surface area contributed by atoms with Crippen molar-refractivity contribution in [2.75, 3.05) is 26.2 Å². The second-order valence-electron chi connectivity index (χ2n) is 5.36. The molecule has 1 aromatic rings. The highest BCUT2D eigenvalue weighted by Gasteiger charge is 2.18. The maximum absolute atomic E-state index is 12.7. The molecule has 3 N–H and O–H groups in total. The molecule has 118 valence electrons. The first-order valence-electron chi connectivity index (χ1n) is 7.12. The zero-order valence-electron chi connectivity index (χ0n) is 12.1. The summed E-state index contributed by atoms with van der Waals surface area (Å²) in [6.45, 7) is 2.73. The summed E-state index contributed by atoms with van der Waals surface area (Å²) in [6, 6.07) is 6.55. The van der Waals surface area contributed by atoms with Crippen molar-refractivity contribution in [1.82, 2.24) is 10.2 Å². The number of likely N-dealkylation sites (tertiary alicyclic amines) is 1. The van der Waals surface area contributed by atoms with E-state index in [0.717, 1.165) is 31.5 Å². The van der Waals surface area contributed by atoms with Crippen LogP contribution in [0.1, 0.15) is 18.4 Å². The monoisotopic (exact) mass is 315 g/mol. The van der Waals surface area contributed by atoms with Crippen molar-refractivity contribution in [3.8, 4) is 0 Å². The number of carbonyl (C=O) groups excluding carboxylic acids is 1. The van der Waals surface area contributed by atoms with Gasteiger partial charge in [-0.2, -0.15) is 0 Å². The van der Waals surface area contributed by atoms with Crippen molar-refractivity contribution in [2.45, 2.75) is 25.3 Å². The number of rotatable bonds is 5. The molecule has 1 aliphatic rings. The topological polar surface area (TPSA) is 58.4 Å². The molecule has 0 bridgehead atoms. The van der Waals surface area contributed by atoms with Crippen LogP contribution in [-0.2, 0) is 11.2 Å². The van der Waals surface area contributed by atoms with Gasteiger partial charge in [-0.05, 0) is 43.5 Å². The van der Waals surface area contributed by atoms with E-state index < -0.39 is 0 Å². The Labute approximate surface area is 131 Å². The summed E-state index contributed by atoms with van der Waals surface area (Å²) < 4.78 is 12.7. The quantitative estimate of drug-likeness (QED) is 0.862. The fraction of sp³-hybridized carbons (Fsp3) is 0.533. The minimum absolute atomic E-state index is 0. The highest BCUT2D eigenvalue weighted by molar-refractivity contribution is 5.85. The van der Waals surface area contributed by atoms with Gasteiger partial charge in [-0.15, -0.1) is 12.4 Å². The van der Waals surface area contributed by atoms with Crippen LogP contribution >= 0.6 is 12.4 Å². The van der Waals surface area contributed by atoms with Gasteiger partial charge in [0, 0.05) is 19.1 Å². The number of piperidine rings is 1. The Morgan fingerprint density at radius 3 is 2.76 bits per heavy atom. The summed E-state index contributed by atoms with van der Waals surface area (Å²) in [6.07, 6.45) is 2.82. The maximum Gasteiger partial charge on any atom is 0.234 e. The van der Waals surface area contributed by atoms with Crippen LogP contribution in [0.4, 0.5) is 4.39 Å². The molecule has 2 rings (SSSR count).